The lowest BCUT2D eigenvalue weighted by atomic mass is 9.78. The van der Waals surface area contributed by atoms with Crippen molar-refractivity contribution in [2.75, 3.05) is 0 Å². The van der Waals surface area contributed by atoms with E-state index in [0.717, 1.165) is 16.7 Å². The van der Waals surface area contributed by atoms with Gasteiger partial charge in [0.05, 0.1) is 11.9 Å². The topological polar surface area (TPSA) is 41.8 Å². The highest BCUT2D eigenvalue weighted by molar-refractivity contribution is 6.30. The summed E-state index contributed by atoms with van der Waals surface area (Å²) in [5, 5.41) is 8.82. The minimum Gasteiger partial charge on any atom is -0.289 e. The van der Waals surface area contributed by atoms with E-state index in [0.29, 0.717) is 10.7 Å². The predicted octanol–water partition coefficient (Wildman–Crippen LogP) is 5.81. The van der Waals surface area contributed by atoms with Crippen molar-refractivity contribution in [2.24, 2.45) is 15.6 Å². The van der Waals surface area contributed by atoms with Crippen molar-refractivity contribution in [3.63, 3.8) is 0 Å². The van der Waals surface area contributed by atoms with Gasteiger partial charge in [-0.25, -0.2) is 0 Å². The Morgan fingerprint density at radius 3 is 2.55 bits per heavy atom. The van der Waals surface area contributed by atoms with Gasteiger partial charge in [-0.3, -0.25) is 4.79 Å². The second-order valence-corrected chi connectivity index (χ2v) is 6.73. The van der Waals surface area contributed by atoms with Crippen LogP contribution in [0.1, 0.15) is 27.7 Å². The molecule has 0 radical (unpaired) electrons. The van der Waals surface area contributed by atoms with E-state index < -0.39 is 0 Å². The average Bonchev–Trinajstić information content (AvgIpc) is 2.41. The molecule has 0 heterocycles. The number of Topliss-reactive ketones (excluding diaryl/α,β-unsaturated/α-hetero) is 1. The number of benzene rings is 1. The highest BCUT2D eigenvalue weighted by Crippen LogP contribution is 2.32. The van der Waals surface area contributed by atoms with Crippen LogP contribution >= 0.6 is 11.6 Å². The van der Waals surface area contributed by atoms with Crippen LogP contribution in [0.4, 0.5) is 5.69 Å². The third-order valence-corrected chi connectivity index (χ3v) is 3.53. The number of ketones is 1. The van der Waals surface area contributed by atoms with E-state index in [-0.39, 0.29) is 11.2 Å². The lowest BCUT2D eigenvalue weighted by molar-refractivity contribution is -0.113. The molecule has 2 rings (SSSR count). The van der Waals surface area contributed by atoms with Gasteiger partial charge in [-0.05, 0) is 53.8 Å². The van der Waals surface area contributed by atoms with Gasteiger partial charge in [-0.1, -0.05) is 38.4 Å². The summed E-state index contributed by atoms with van der Waals surface area (Å²) in [5.41, 5.74) is 2.87. The summed E-state index contributed by atoms with van der Waals surface area (Å²) in [4.78, 5) is 12.2. The SMILES string of the molecule is CC1=CC(=CN=Nc2cccc(Cl)c2)C=C(C(C)(C)C)C1=O. The van der Waals surface area contributed by atoms with Crippen LogP contribution in [0.5, 0.6) is 0 Å². The summed E-state index contributed by atoms with van der Waals surface area (Å²) >= 11 is 5.90. The summed E-state index contributed by atoms with van der Waals surface area (Å²) in [6.07, 6.45) is 5.36. The molecule has 4 heteroatoms. The molecule has 3 nitrogen and oxygen atoms in total. The molecule has 1 aliphatic rings. The van der Waals surface area contributed by atoms with Crippen LogP contribution < -0.4 is 0 Å². The Hall–Kier alpha value is -2.00. The van der Waals surface area contributed by atoms with E-state index in [1.165, 1.54) is 0 Å². The summed E-state index contributed by atoms with van der Waals surface area (Å²) in [7, 11) is 0. The van der Waals surface area contributed by atoms with Crippen LogP contribution in [0.3, 0.4) is 0 Å². The molecule has 22 heavy (non-hydrogen) atoms. The van der Waals surface area contributed by atoms with Gasteiger partial charge in [-0.15, -0.1) is 0 Å². The molecule has 0 aromatic heterocycles. The monoisotopic (exact) mass is 314 g/mol. The van der Waals surface area contributed by atoms with Crippen molar-refractivity contribution < 1.29 is 4.79 Å². The highest BCUT2D eigenvalue weighted by Gasteiger charge is 2.27. The van der Waals surface area contributed by atoms with Gasteiger partial charge in [0.25, 0.3) is 0 Å². The molecule has 0 spiro atoms. The fourth-order valence-corrected chi connectivity index (χ4v) is 2.32. The van der Waals surface area contributed by atoms with Gasteiger partial charge in [-0.2, -0.15) is 10.2 Å². The Kier molecular flexibility index (Phi) is 4.77. The van der Waals surface area contributed by atoms with Crippen LogP contribution in [0, 0.1) is 5.41 Å². The van der Waals surface area contributed by atoms with Gasteiger partial charge >= 0.3 is 0 Å². The third-order valence-electron chi connectivity index (χ3n) is 3.29. The first-order valence-electron chi connectivity index (χ1n) is 7.09. The first-order chi connectivity index (χ1) is 10.3. The zero-order chi connectivity index (χ0) is 16.3. The number of hydrogen-bond acceptors (Lipinski definition) is 3. The molecular weight excluding hydrogens is 296 g/mol. The van der Waals surface area contributed by atoms with Crippen LogP contribution in [-0.4, -0.2) is 5.78 Å². The number of carbonyl (C=O) groups excluding carboxylic acids is 1. The number of azo groups is 1. The van der Waals surface area contributed by atoms with E-state index in [2.05, 4.69) is 10.2 Å². The minimum absolute atomic E-state index is 0.0939. The minimum atomic E-state index is -0.199. The smallest absolute Gasteiger partial charge is 0.185 e. The Morgan fingerprint density at radius 1 is 1.18 bits per heavy atom. The number of allylic oxidation sites excluding steroid dienone is 5. The molecule has 0 atom stereocenters. The molecule has 0 unspecified atom stereocenters. The van der Waals surface area contributed by atoms with Crippen molar-refractivity contribution >= 4 is 23.1 Å². The number of hydrogen-bond donors (Lipinski definition) is 0. The molecule has 1 aliphatic carbocycles. The van der Waals surface area contributed by atoms with Crippen molar-refractivity contribution in [2.45, 2.75) is 27.7 Å². The second-order valence-electron chi connectivity index (χ2n) is 6.29. The molecule has 0 saturated heterocycles. The van der Waals surface area contributed by atoms with E-state index >= 15 is 0 Å². The number of rotatable bonds is 2. The highest BCUT2D eigenvalue weighted by atomic mass is 35.5. The maximum absolute atomic E-state index is 12.2. The van der Waals surface area contributed by atoms with E-state index in [1.54, 1.807) is 18.3 Å². The lowest BCUT2D eigenvalue weighted by Crippen LogP contribution is -2.21. The molecule has 0 saturated carbocycles. The number of halogens is 1. The molecule has 0 amide bonds. The van der Waals surface area contributed by atoms with Crippen molar-refractivity contribution in [1.29, 1.82) is 0 Å². The van der Waals surface area contributed by atoms with Crippen molar-refractivity contribution in [1.82, 2.24) is 0 Å². The second kappa shape index (κ2) is 6.41. The molecule has 1 aromatic carbocycles. The van der Waals surface area contributed by atoms with E-state index in [1.807, 2.05) is 52.0 Å². The standard InChI is InChI=1S/C18H19ClN2O/c1-12-8-13(9-16(17(12)22)18(2,3)4)11-20-21-15-7-5-6-14(19)10-15/h5-11H,1-4H3. The van der Waals surface area contributed by atoms with Crippen molar-refractivity contribution in [3.8, 4) is 0 Å². The number of nitrogens with zero attached hydrogens (tertiary/aromatic N) is 2. The summed E-state index contributed by atoms with van der Waals surface area (Å²) in [6.45, 7) is 7.91. The maximum Gasteiger partial charge on any atom is 0.185 e. The summed E-state index contributed by atoms with van der Waals surface area (Å²) in [6, 6.07) is 7.18. The largest absolute Gasteiger partial charge is 0.289 e. The third kappa shape index (κ3) is 4.01. The fraction of sp³-hybridized carbons (Fsp3) is 0.278. The maximum atomic E-state index is 12.2. The Morgan fingerprint density at radius 2 is 1.91 bits per heavy atom. The van der Waals surface area contributed by atoms with E-state index in [4.69, 9.17) is 11.6 Å². The molecule has 1 aromatic rings. The zero-order valence-corrected chi connectivity index (χ0v) is 14.0. The normalized spacial score (nSPS) is 17.9. The number of carbonyl (C=O) groups is 1. The molecular formula is C18H19ClN2O. The van der Waals surface area contributed by atoms with Gasteiger partial charge < -0.3 is 0 Å². The van der Waals surface area contributed by atoms with Gasteiger partial charge in [0, 0.05) is 10.6 Å². The molecule has 0 N–H and O–H groups in total. The molecule has 0 fully saturated rings. The Bertz CT molecular complexity index is 719. The fourth-order valence-electron chi connectivity index (χ4n) is 2.13. The van der Waals surface area contributed by atoms with Crippen LogP contribution in [0.25, 0.3) is 0 Å². The lowest BCUT2D eigenvalue weighted by Gasteiger charge is -2.24. The van der Waals surface area contributed by atoms with Gasteiger partial charge in [0.2, 0.25) is 0 Å². The van der Waals surface area contributed by atoms with Gasteiger partial charge in [0.15, 0.2) is 5.78 Å². The van der Waals surface area contributed by atoms with Crippen LogP contribution in [0.2, 0.25) is 5.02 Å². The molecule has 0 aliphatic heterocycles. The predicted molar refractivity (Wildman–Crippen MR) is 90.4 cm³/mol. The summed E-state index contributed by atoms with van der Waals surface area (Å²) in [5.74, 6) is 0.0939. The first-order valence-corrected chi connectivity index (χ1v) is 7.47. The van der Waals surface area contributed by atoms with E-state index in [9.17, 15) is 4.79 Å². The first kappa shape index (κ1) is 16.4. The zero-order valence-electron chi connectivity index (χ0n) is 13.2. The quantitative estimate of drug-likeness (QED) is 0.635. The Balaban J connectivity index is 2.27. The van der Waals surface area contributed by atoms with Crippen molar-refractivity contribution in [3.05, 3.63) is 64.4 Å². The molecule has 114 valence electrons. The van der Waals surface area contributed by atoms with Gasteiger partial charge in [0.1, 0.15) is 0 Å². The summed E-state index contributed by atoms with van der Waals surface area (Å²) < 4.78 is 0. The van der Waals surface area contributed by atoms with Crippen LogP contribution in [-0.2, 0) is 4.79 Å². The average molecular weight is 315 g/mol. The van der Waals surface area contributed by atoms with Crippen LogP contribution in [0.15, 0.2) is 69.6 Å². The molecule has 0 bridgehead atoms. The Labute approximate surface area is 136 Å².